The van der Waals surface area contributed by atoms with Gasteiger partial charge in [-0.15, -0.1) is 0 Å². The maximum absolute atomic E-state index is 11.8. The van der Waals surface area contributed by atoms with Gasteiger partial charge >= 0.3 is 5.97 Å². The molecule has 0 saturated carbocycles. The van der Waals surface area contributed by atoms with Crippen LogP contribution in [0.1, 0.15) is 15.9 Å². The lowest BCUT2D eigenvalue weighted by Gasteiger charge is -2.37. The van der Waals surface area contributed by atoms with Crippen molar-refractivity contribution in [3.63, 3.8) is 0 Å². The van der Waals surface area contributed by atoms with Crippen molar-refractivity contribution in [2.45, 2.75) is 12.5 Å². The number of nitrogens with one attached hydrogen (secondary N) is 1. The molecule has 150 valence electrons. The Morgan fingerprint density at radius 2 is 2.07 bits per heavy atom. The summed E-state index contributed by atoms with van der Waals surface area (Å²) >= 11 is 0. The van der Waals surface area contributed by atoms with Crippen molar-refractivity contribution in [3.8, 4) is 5.75 Å². The molecule has 0 bridgehead atoms. The monoisotopic (exact) mass is 384 g/mol. The second-order valence-electron chi connectivity index (χ2n) is 6.77. The number of hydrogen-bond donors (Lipinski definition) is 1. The molecular weight excluding hydrogens is 356 g/mol. The fourth-order valence-electron chi connectivity index (χ4n) is 3.42. The average Bonchev–Trinajstić information content (AvgIpc) is 2.76. The zero-order valence-electron chi connectivity index (χ0n) is 16.5. The topological polar surface area (TPSA) is 60.0 Å². The number of hydrogen-bond acceptors (Lipinski definition) is 6. The van der Waals surface area contributed by atoms with E-state index in [0.717, 1.165) is 37.5 Å². The molecule has 0 unspecified atom stereocenters. The SMILES string of the molecule is COC(=O)c1cccc(N2CCOC[C@H]2CNCCc2cccc(OC)c2)c1. The average molecular weight is 384 g/mol. The lowest BCUT2D eigenvalue weighted by atomic mass is 10.1. The Bertz CT molecular complexity index is 781. The predicted molar refractivity (Wildman–Crippen MR) is 109 cm³/mol. The molecule has 2 aromatic rings. The van der Waals surface area contributed by atoms with Crippen LogP contribution >= 0.6 is 0 Å². The van der Waals surface area contributed by atoms with Gasteiger partial charge in [-0.1, -0.05) is 18.2 Å². The standard InChI is InChI=1S/C22H28N2O4/c1-26-21-8-3-5-17(13-21)9-10-23-15-20-16-28-12-11-24(20)19-7-4-6-18(14-19)22(25)27-2/h3-8,13-14,20,23H,9-12,15-16H2,1-2H3/t20-/m1/s1. The van der Waals surface area contributed by atoms with Gasteiger partial charge in [0.15, 0.2) is 0 Å². The van der Waals surface area contributed by atoms with Crippen molar-refractivity contribution in [1.82, 2.24) is 5.32 Å². The lowest BCUT2D eigenvalue weighted by molar-refractivity contribution is 0.0600. The molecule has 1 atom stereocenters. The number of rotatable bonds is 8. The van der Waals surface area contributed by atoms with E-state index < -0.39 is 0 Å². The van der Waals surface area contributed by atoms with E-state index in [2.05, 4.69) is 22.3 Å². The summed E-state index contributed by atoms with van der Waals surface area (Å²) in [5, 5.41) is 3.54. The van der Waals surface area contributed by atoms with Crippen molar-refractivity contribution in [1.29, 1.82) is 0 Å². The van der Waals surface area contributed by atoms with Gasteiger partial charge in [0, 0.05) is 18.8 Å². The number of nitrogens with zero attached hydrogens (tertiary/aromatic N) is 1. The number of ether oxygens (including phenoxy) is 3. The highest BCUT2D eigenvalue weighted by Crippen LogP contribution is 2.21. The number of benzene rings is 2. The highest BCUT2D eigenvalue weighted by Gasteiger charge is 2.23. The van der Waals surface area contributed by atoms with Gasteiger partial charge in [-0.05, 0) is 48.9 Å². The van der Waals surface area contributed by atoms with Crippen molar-refractivity contribution in [3.05, 3.63) is 59.7 Å². The fourth-order valence-corrected chi connectivity index (χ4v) is 3.42. The van der Waals surface area contributed by atoms with Gasteiger partial charge in [0.1, 0.15) is 5.75 Å². The number of anilines is 1. The van der Waals surface area contributed by atoms with E-state index >= 15 is 0 Å². The van der Waals surface area contributed by atoms with Crippen molar-refractivity contribution in [2.24, 2.45) is 0 Å². The summed E-state index contributed by atoms with van der Waals surface area (Å²) < 4.78 is 15.8. The van der Waals surface area contributed by atoms with Crippen molar-refractivity contribution < 1.29 is 19.0 Å². The molecule has 1 aliphatic heterocycles. The third-order valence-electron chi connectivity index (χ3n) is 4.93. The quantitative estimate of drug-likeness (QED) is 0.558. The Hall–Kier alpha value is -2.57. The van der Waals surface area contributed by atoms with E-state index in [9.17, 15) is 4.79 Å². The van der Waals surface area contributed by atoms with Crippen LogP contribution in [0.4, 0.5) is 5.69 Å². The van der Waals surface area contributed by atoms with Gasteiger partial charge in [0.25, 0.3) is 0 Å². The summed E-state index contributed by atoms with van der Waals surface area (Å²) in [4.78, 5) is 14.1. The number of methoxy groups -OCH3 is 2. The Kier molecular flexibility index (Phi) is 7.28. The van der Waals surface area contributed by atoms with Crippen LogP contribution in [0.15, 0.2) is 48.5 Å². The van der Waals surface area contributed by atoms with Gasteiger partial charge in [-0.3, -0.25) is 0 Å². The minimum absolute atomic E-state index is 0.215. The summed E-state index contributed by atoms with van der Waals surface area (Å²) in [5.41, 5.74) is 2.83. The minimum atomic E-state index is -0.317. The number of esters is 1. The summed E-state index contributed by atoms with van der Waals surface area (Å²) in [7, 11) is 3.09. The molecule has 1 N–H and O–H groups in total. The van der Waals surface area contributed by atoms with Gasteiger partial charge in [0.05, 0.1) is 39.0 Å². The second-order valence-corrected chi connectivity index (χ2v) is 6.77. The van der Waals surface area contributed by atoms with Crippen LogP contribution in [-0.2, 0) is 15.9 Å². The van der Waals surface area contributed by atoms with Crippen molar-refractivity contribution >= 4 is 11.7 Å². The molecule has 0 amide bonds. The first-order chi connectivity index (χ1) is 13.7. The summed E-state index contributed by atoms with van der Waals surface area (Å²) in [6.07, 6.45) is 0.933. The highest BCUT2D eigenvalue weighted by atomic mass is 16.5. The first-order valence-electron chi connectivity index (χ1n) is 9.57. The molecule has 0 radical (unpaired) electrons. The first kappa shape index (κ1) is 20.2. The summed E-state index contributed by atoms with van der Waals surface area (Å²) in [5.74, 6) is 0.568. The molecule has 6 nitrogen and oxygen atoms in total. The van der Waals surface area contributed by atoms with E-state index in [-0.39, 0.29) is 12.0 Å². The van der Waals surface area contributed by atoms with Gasteiger partial charge in [-0.2, -0.15) is 0 Å². The van der Waals surface area contributed by atoms with Crippen LogP contribution in [0, 0.1) is 0 Å². The lowest BCUT2D eigenvalue weighted by Crippen LogP contribution is -2.50. The van der Waals surface area contributed by atoms with Gasteiger partial charge < -0.3 is 24.4 Å². The van der Waals surface area contributed by atoms with E-state index in [4.69, 9.17) is 14.2 Å². The van der Waals surface area contributed by atoms with Crippen LogP contribution in [0.2, 0.25) is 0 Å². The fraction of sp³-hybridized carbons (Fsp3) is 0.409. The van der Waals surface area contributed by atoms with Gasteiger partial charge in [0.2, 0.25) is 0 Å². The number of carbonyl (C=O) groups is 1. The molecule has 6 heteroatoms. The molecule has 2 aromatic carbocycles. The van der Waals surface area contributed by atoms with Crippen LogP contribution in [0.25, 0.3) is 0 Å². The molecule has 1 fully saturated rings. The van der Waals surface area contributed by atoms with Gasteiger partial charge in [-0.25, -0.2) is 4.79 Å². The third kappa shape index (κ3) is 5.24. The van der Waals surface area contributed by atoms with E-state index in [1.807, 2.05) is 30.3 Å². The highest BCUT2D eigenvalue weighted by molar-refractivity contribution is 5.90. The number of carbonyl (C=O) groups excluding carboxylic acids is 1. The number of morpholine rings is 1. The molecule has 1 heterocycles. The Balaban J connectivity index is 1.57. The molecule has 0 spiro atoms. The van der Waals surface area contributed by atoms with Crippen LogP contribution < -0.4 is 15.0 Å². The van der Waals surface area contributed by atoms with E-state index in [0.29, 0.717) is 18.8 Å². The minimum Gasteiger partial charge on any atom is -0.497 e. The van der Waals surface area contributed by atoms with E-state index in [1.54, 1.807) is 13.2 Å². The molecule has 1 saturated heterocycles. The molecular formula is C22H28N2O4. The van der Waals surface area contributed by atoms with Crippen LogP contribution in [-0.4, -0.2) is 59.1 Å². The normalized spacial score (nSPS) is 16.6. The molecule has 0 aromatic heterocycles. The first-order valence-corrected chi connectivity index (χ1v) is 9.57. The maximum Gasteiger partial charge on any atom is 0.337 e. The molecule has 28 heavy (non-hydrogen) atoms. The van der Waals surface area contributed by atoms with E-state index in [1.165, 1.54) is 12.7 Å². The summed E-state index contributed by atoms with van der Waals surface area (Å²) in [6, 6.07) is 15.9. The molecule has 0 aliphatic carbocycles. The Morgan fingerprint density at radius 3 is 2.89 bits per heavy atom. The Labute approximate surface area is 166 Å². The largest absolute Gasteiger partial charge is 0.497 e. The van der Waals surface area contributed by atoms with Crippen molar-refractivity contribution in [2.75, 3.05) is 52.0 Å². The molecule has 3 rings (SSSR count). The zero-order chi connectivity index (χ0) is 19.8. The van der Waals surface area contributed by atoms with Crippen LogP contribution in [0.3, 0.4) is 0 Å². The zero-order valence-corrected chi connectivity index (χ0v) is 16.5. The van der Waals surface area contributed by atoms with Crippen LogP contribution in [0.5, 0.6) is 5.75 Å². The third-order valence-corrected chi connectivity index (χ3v) is 4.93. The predicted octanol–water partition coefficient (Wildman–Crippen LogP) is 2.52. The smallest absolute Gasteiger partial charge is 0.337 e. The molecule has 1 aliphatic rings. The maximum atomic E-state index is 11.8. The Morgan fingerprint density at radius 1 is 1.21 bits per heavy atom. The second kappa shape index (κ2) is 10.1. The summed E-state index contributed by atoms with van der Waals surface area (Å²) in [6.45, 7) is 3.83.